The number of nitrogens with zero attached hydrogens (tertiary/aromatic N) is 1. The van der Waals surface area contributed by atoms with Crippen LogP contribution < -0.4 is 11.1 Å². The lowest BCUT2D eigenvalue weighted by molar-refractivity contribution is -0.192. The van der Waals surface area contributed by atoms with Crippen molar-refractivity contribution in [1.82, 2.24) is 10.2 Å². The fourth-order valence-electron chi connectivity index (χ4n) is 3.29. The fraction of sp³-hybridized carbons (Fsp3) is 0.522. The molecule has 1 saturated heterocycles. The Hall–Kier alpha value is -3.13. The Balaban J connectivity index is 0.000000856. The van der Waals surface area contributed by atoms with Crippen LogP contribution in [0.1, 0.15) is 25.3 Å². The number of carbonyl (C=O) groups excluding carboxylic acids is 4. The number of carboxylic acid groups (broad SMARTS) is 1. The van der Waals surface area contributed by atoms with E-state index < -0.39 is 42.0 Å². The quantitative estimate of drug-likeness (QED) is 0.387. The summed E-state index contributed by atoms with van der Waals surface area (Å²) in [4.78, 5) is 59.1. The number of carbonyl (C=O) groups is 5. The minimum Gasteiger partial charge on any atom is -0.475 e. The molecule has 2 amide bonds. The number of nitrogens with two attached hydrogens (primary N) is 1. The lowest BCUT2D eigenvalue weighted by atomic mass is 10.1. The average Bonchev–Trinajstić information content (AvgIpc) is 3.35. The number of hydrogen-bond donors (Lipinski definition) is 3. The maximum atomic E-state index is 12.6. The molecule has 4 N–H and O–H groups in total. The number of benzene rings is 1. The predicted octanol–water partition coefficient (Wildman–Crippen LogP) is 1.37. The molecule has 1 heterocycles. The Labute approximate surface area is 216 Å². The van der Waals surface area contributed by atoms with Crippen LogP contribution in [0.2, 0.25) is 0 Å². The van der Waals surface area contributed by atoms with Crippen LogP contribution in [0.15, 0.2) is 30.3 Å². The molecular weight excluding hydrogens is 519 g/mol. The molecule has 0 aromatic heterocycles. The van der Waals surface area contributed by atoms with Gasteiger partial charge in [0.2, 0.25) is 16.9 Å². The summed E-state index contributed by atoms with van der Waals surface area (Å²) in [5, 5.41) is 9.43. The van der Waals surface area contributed by atoms with Crippen molar-refractivity contribution in [3.8, 4) is 0 Å². The number of esters is 1. The zero-order chi connectivity index (χ0) is 28.2. The molecule has 3 atom stereocenters. The van der Waals surface area contributed by atoms with Crippen LogP contribution in [0, 0.1) is 5.92 Å². The van der Waals surface area contributed by atoms with Crippen molar-refractivity contribution in [2.75, 3.05) is 26.0 Å². The summed E-state index contributed by atoms with van der Waals surface area (Å²) >= 11 is 0.987. The van der Waals surface area contributed by atoms with Crippen LogP contribution in [0.5, 0.6) is 0 Å². The highest BCUT2D eigenvalue weighted by Crippen LogP contribution is 2.22. The third-order valence-corrected chi connectivity index (χ3v) is 6.34. The number of rotatable bonds is 9. The first-order valence-electron chi connectivity index (χ1n) is 11.2. The first-order valence-corrected chi connectivity index (χ1v) is 12.2. The SMILES string of the molecule is COC(=O)[C@@H]1CCCN1C(=O)[C@H](C)CSC(=O)CNC(=O)[C@@H](N)Cc1ccccc1.O=C(O)C(F)(F)F. The van der Waals surface area contributed by atoms with Crippen LogP contribution in [-0.2, 0) is 35.1 Å². The minimum atomic E-state index is -5.08. The summed E-state index contributed by atoms with van der Waals surface area (Å²) in [5.41, 5.74) is 6.84. The van der Waals surface area contributed by atoms with E-state index in [9.17, 15) is 32.3 Å². The second-order valence-corrected chi connectivity index (χ2v) is 9.19. The zero-order valence-corrected chi connectivity index (χ0v) is 21.1. The van der Waals surface area contributed by atoms with Crippen molar-refractivity contribution in [2.45, 2.75) is 44.4 Å². The maximum Gasteiger partial charge on any atom is 0.490 e. The van der Waals surface area contributed by atoms with E-state index in [1.165, 1.54) is 12.0 Å². The van der Waals surface area contributed by atoms with Crippen LogP contribution in [0.25, 0.3) is 0 Å². The maximum absolute atomic E-state index is 12.6. The molecule has 14 heteroatoms. The molecule has 10 nitrogen and oxygen atoms in total. The number of halogens is 3. The molecule has 0 radical (unpaired) electrons. The topological polar surface area (TPSA) is 156 Å². The largest absolute Gasteiger partial charge is 0.490 e. The highest BCUT2D eigenvalue weighted by molar-refractivity contribution is 8.13. The number of amides is 2. The van der Waals surface area contributed by atoms with E-state index in [4.69, 9.17) is 20.4 Å². The molecule has 2 rings (SSSR count). The average molecular weight is 550 g/mol. The first-order chi connectivity index (χ1) is 17.3. The fourth-order valence-corrected chi connectivity index (χ4v) is 4.04. The van der Waals surface area contributed by atoms with Gasteiger partial charge in [0.1, 0.15) is 6.04 Å². The van der Waals surface area contributed by atoms with Gasteiger partial charge in [-0.25, -0.2) is 9.59 Å². The van der Waals surface area contributed by atoms with Gasteiger partial charge in [0.15, 0.2) is 0 Å². The monoisotopic (exact) mass is 549 g/mol. The van der Waals surface area contributed by atoms with Gasteiger partial charge >= 0.3 is 18.1 Å². The molecule has 0 bridgehead atoms. The number of aliphatic carboxylic acids is 1. The van der Waals surface area contributed by atoms with Crippen molar-refractivity contribution >= 4 is 40.6 Å². The van der Waals surface area contributed by atoms with E-state index in [0.29, 0.717) is 19.4 Å². The van der Waals surface area contributed by atoms with Gasteiger partial charge in [-0.05, 0) is 24.8 Å². The predicted molar refractivity (Wildman–Crippen MR) is 128 cm³/mol. The number of thioether (sulfide) groups is 1. The van der Waals surface area contributed by atoms with E-state index >= 15 is 0 Å². The zero-order valence-electron chi connectivity index (χ0n) is 20.3. The second-order valence-electron chi connectivity index (χ2n) is 8.11. The smallest absolute Gasteiger partial charge is 0.475 e. The third kappa shape index (κ3) is 11.2. The van der Waals surface area contributed by atoms with Crippen molar-refractivity contribution in [1.29, 1.82) is 0 Å². The van der Waals surface area contributed by atoms with Crippen LogP contribution >= 0.6 is 11.8 Å². The van der Waals surface area contributed by atoms with E-state index in [0.717, 1.165) is 23.7 Å². The molecule has 0 unspecified atom stereocenters. The Kier molecular flexibility index (Phi) is 13.1. The van der Waals surface area contributed by atoms with Crippen LogP contribution in [0.3, 0.4) is 0 Å². The Bertz CT molecular complexity index is 947. The number of nitrogens with one attached hydrogen (secondary N) is 1. The molecule has 0 aliphatic carbocycles. The van der Waals surface area contributed by atoms with Gasteiger partial charge in [-0.15, -0.1) is 0 Å². The number of ether oxygens (including phenoxy) is 1. The number of methoxy groups -OCH3 is 1. The number of likely N-dealkylation sites (tertiary alicyclic amines) is 1. The van der Waals surface area contributed by atoms with Gasteiger partial charge in [0.25, 0.3) is 0 Å². The molecular formula is C23H30F3N3O7S. The Morgan fingerprint density at radius 2 is 1.81 bits per heavy atom. The standard InChI is InChI=1S/C21H29N3O5S.C2HF3O2/c1-14(20(27)24-10-6-9-17(24)21(28)29-2)13-30-18(25)12-23-19(26)16(22)11-15-7-4-3-5-8-15;3-2(4,5)1(6)7/h3-5,7-8,14,16-17H,6,9-13,22H2,1-2H3,(H,23,26);(H,6,7)/t14-,16+,17+;/m1./s1. The van der Waals surface area contributed by atoms with Gasteiger partial charge in [-0.3, -0.25) is 14.4 Å². The highest BCUT2D eigenvalue weighted by Gasteiger charge is 2.38. The van der Waals surface area contributed by atoms with Gasteiger partial charge in [0, 0.05) is 18.2 Å². The second kappa shape index (κ2) is 15.2. The summed E-state index contributed by atoms with van der Waals surface area (Å²) in [6.45, 7) is 2.09. The summed E-state index contributed by atoms with van der Waals surface area (Å²) in [5.74, 6) is -3.89. The molecule has 1 aromatic carbocycles. The Morgan fingerprint density at radius 1 is 1.22 bits per heavy atom. The molecule has 206 valence electrons. The van der Waals surface area contributed by atoms with Crippen molar-refractivity contribution < 1.29 is 47.0 Å². The Morgan fingerprint density at radius 3 is 2.35 bits per heavy atom. The molecule has 1 aliphatic heterocycles. The summed E-state index contributed by atoms with van der Waals surface area (Å²) in [6.07, 6.45) is -3.36. The van der Waals surface area contributed by atoms with Gasteiger partial charge < -0.3 is 25.8 Å². The third-order valence-electron chi connectivity index (χ3n) is 5.21. The lowest BCUT2D eigenvalue weighted by Gasteiger charge is -2.25. The van der Waals surface area contributed by atoms with Crippen LogP contribution in [-0.4, -0.2) is 83.1 Å². The number of hydrogen-bond acceptors (Lipinski definition) is 8. The first kappa shape index (κ1) is 31.9. The van der Waals surface area contributed by atoms with E-state index in [-0.39, 0.29) is 23.3 Å². The molecule has 0 saturated carbocycles. The van der Waals surface area contributed by atoms with E-state index in [1.807, 2.05) is 30.3 Å². The molecule has 37 heavy (non-hydrogen) atoms. The van der Waals surface area contributed by atoms with Gasteiger partial charge in [-0.2, -0.15) is 13.2 Å². The van der Waals surface area contributed by atoms with Gasteiger partial charge in [0.05, 0.1) is 19.7 Å². The number of alkyl halides is 3. The van der Waals surface area contributed by atoms with E-state index in [1.54, 1.807) is 6.92 Å². The van der Waals surface area contributed by atoms with Crippen molar-refractivity contribution in [3.63, 3.8) is 0 Å². The summed E-state index contributed by atoms with van der Waals surface area (Å²) in [6, 6.07) is 8.12. The number of carboxylic acids is 1. The normalized spacial score (nSPS) is 16.6. The van der Waals surface area contributed by atoms with E-state index in [2.05, 4.69) is 5.32 Å². The summed E-state index contributed by atoms with van der Waals surface area (Å²) in [7, 11) is 1.31. The molecule has 0 spiro atoms. The minimum absolute atomic E-state index is 0.151. The molecule has 1 fully saturated rings. The summed E-state index contributed by atoms with van der Waals surface area (Å²) < 4.78 is 36.5. The van der Waals surface area contributed by atoms with Crippen molar-refractivity contribution in [3.05, 3.63) is 35.9 Å². The highest BCUT2D eigenvalue weighted by atomic mass is 32.2. The van der Waals surface area contributed by atoms with Crippen molar-refractivity contribution in [2.24, 2.45) is 11.7 Å². The molecule has 1 aromatic rings. The lowest BCUT2D eigenvalue weighted by Crippen LogP contribution is -2.44. The molecule has 1 aliphatic rings. The van der Waals surface area contributed by atoms with Gasteiger partial charge in [-0.1, -0.05) is 49.0 Å². The van der Waals surface area contributed by atoms with Crippen LogP contribution in [0.4, 0.5) is 13.2 Å².